The fourth-order valence-corrected chi connectivity index (χ4v) is 3.68. The van der Waals surface area contributed by atoms with Gasteiger partial charge in [-0.2, -0.15) is 5.10 Å². The first-order chi connectivity index (χ1) is 15.1. The number of benzene rings is 2. The highest BCUT2D eigenvalue weighted by molar-refractivity contribution is 7.99. The molecule has 7 nitrogen and oxygen atoms in total. The number of ether oxygens (including phenoxy) is 1. The van der Waals surface area contributed by atoms with Crippen LogP contribution in [0.2, 0.25) is 0 Å². The summed E-state index contributed by atoms with van der Waals surface area (Å²) in [6, 6.07) is 17.2. The van der Waals surface area contributed by atoms with Gasteiger partial charge in [-0.05, 0) is 42.8 Å². The molecule has 0 fully saturated rings. The summed E-state index contributed by atoms with van der Waals surface area (Å²) in [6.07, 6.45) is 3.16. The van der Waals surface area contributed by atoms with Crippen LogP contribution in [-0.4, -0.2) is 39.7 Å². The van der Waals surface area contributed by atoms with Crippen molar-refractivity contribution in [2.75, 3.05) is 12.9 Å². The van der Waals surface area contributed by atoms with E-state index >= 15 is 0 Å². The molecule has 9 heteroatoms. The van der Waals surface area contributed by atoms with E-state index in [4.69, 9.17) is 16.3 Å². The second kappa shape index (κ2) is 11.3. The molecule has 3 aromatic rings. The van der Waals surface area contributed by atoms with Gasteiger partial charge in [-0.25, -0.2) is 5.43 Å². The zero-order chi connectivity index (χ0) is 22.1. The standard InChI is InChI=1S/C22H22ClN5O2S/c1-3-28-21(17-9-11-19(30-2)12-10-17)26-27-22(28)31-15-20(29)25-24-14-18(23)13-16-7-5-4-6-8-16/h4-14H,3,15H2,1-2H3,(H,25,29). The summed E-state index contributed by atoms with van der Waals surface area (Å²) in [6.45, 7) is 2.68. The van der Waals surface area contributed by atoms with Gasteiger partial charge in [0.2, 0.25) is 0 Å². The number of hydrogen-bond acceptors (Lipinski definition) is 6. The molecule has 2 aromatic carbocycles. The normalized spacial score (nSPS) is 11.6. The van der Waals surface area contributed by atoms with E-state index in [1.54, 1.807) is 13.2 Å². The van der Waals surface area contributed by atoms with E-state index in [-0.39, 0.29) is 11.7 Å². The number of carbonyl (C=O) groups excluding carboxylic acids is 1. The zero-order valence-electron chi connectivity index (χ0n) is 17.2. The Morgan fingerprint density at radius 2 is 1.94 bits per heavy atom. The summed E-state index contributed by atoms with van der Waals surface area (Å²) < 4.78 is 7.15. The second-order valence-corrected chi connectivity index (χ2v) is 7.68. The molecule has 0 radical (unpaired) electrons. The average molecular weight is 456 g/mol. The summed E-state index contributed by atoms with van der Waals surface area (Å²) in [5.41, 5.74) is 4.35. The summed E-state index contributed by atoms with van der Waals surface area (Å²) in [5, 5.41) is 13.5. The molecule has 160 valence electrons. The van der Waals surface area contributed by atoms with Crippen molar-refractivity contribution >= 4 is 41.6 Å². The highest BCUT2D eigenvalue weighted by Crippen LogP contribution is 2.25. The number of thioether (sulfide) groups is 1. The van der Waals surface area contributed by atoms with E-state index in [0.717, 1.165) is 22.7 Å². The van der Waals surface area contributed by atoms with Gasteiger partial charge in [0.25, 0.3) is 5.91 Å². The number of hydrogen-bond donors (Lipinski definition) is 1. The van der Waals surface area contributed by atoms with Crippen LogP contribution in [0.5, 0.6) is 5.75 Å². The summed E-state index contributed by atoms with van der Waals surface area (Å²) in [5.74, 6) is 1.40. The van der Waals surface area contributed by atoms with E-state index < -0.39 is 0 Å². The molecule has 0 saturated heterocycles. The molecule has 1 N–H and O–H groups in total. The highest BCUT2D eigenvalue weighted by Gasteiger charge is 2.14. The number of nitrogens with one attached hydrogen (secondary N) is 1. The van der Waals surface area contributed by atoms with Gasteiger partial charge in [-0.15, -0.1) is 10.2 Å². The molecule has 0 unspecified atom stereocenters. The minimum Gasteiger partial charge on any atom is -0.497 e. The molecule has 0 aliphatic heterocycles. The first-order valence-corrected chi connectivity index (χ1v) is 10.9. The Morgan fingerprint density at radius 1 is 1.19 bits per heavy atom. The molecule has 0 aliphatic carbocycles. The SMILES string of the molecule is CCn1c(SCC(=O)NN=CC(Cl)=Cc2ccccc2)nnc1-c1ccc(OC)cc1. The van der Waals surface area contributed by atoms with E-state index in [2.05, 4.69) is 20.7 Å². The van der Waals surface area contributed by atoms with Crippen molar-refractivity contribution in [1.82, 2.24) is 20.2 Å². The molecule has 0 atom stereocenters. The third kappa shape index (κ3) is 6.44. The molecule has 0 aliphatic rings. The number of hydrazone groups is 1. The largest absolute Gasteiger partial charge is 0.497 e. The third-order valence-corrected chi connectivity index (χ3v) is 5.37. The first kappa shape index (κ1) is 22.6. The number of methoxy groups -OCH3 is 1. The summed E-state index contributed by atoms with van der Waals surface area (Å²) in [4.78, 5) is 12.1. The molecule has 3 rings (SSSR count). The topological polar surface area (TPSA) is 81.4 Å². The Hall–Kier alpha value is -3.10. The lowest BCUT2D eigenvalue weighted by molar-refractivity contribution is -0.118. The minimum absolute atomic E-state index is 0.151. The van der Waals surface area contributed by atoms with Crippen molar-refractivity contribution in [1.29, 1.82) is 0 Å². The van der Waals surface area contributed by atoms with Crippen molar-refractivity contribution in [3.05, 3.63) is 65.2 Å². The van der Waals surface area contributed by atoms with Crippen LogP contribution < -0.4 is 10.2 Å². The van der Waals surface area contributed by atoms with Crippen LogP contribution in [0.4, 0.5) is 0 Å². The van der Waals surface area contributed by atoms with Gasteiger partial charge in [0.05, 0.1) is 24.1 Å². The van der Waals surface area contributed by atoms with Crippen molar-refractivity contribution in [2.45, 2.75) is 18.6 Å². The summed E-state index contributed by atoms with van der Waals surface area (Å²) >= 11 is 7.41. The van der Waals surface area contributed by atoms with Gasteiger partial charge >= 0.3 is 0 Å². The maximum Gasteiger partial charge on any atom is 0.250 e. The maximum atomic E-state index is 12.1. The summed E-state index contributed by atoms with van der Waals surface area (Å²) in [7, 11) is 1.63. The monoisotopic (exact) mass is 455 g/mol. The van der Waals surface area contributed by atoms with Crippen molar-refractivity contribution in [3.63, 3.8) is 0 Å². The Kier molecular flexibility index (Phi) is 8.26. The zero-order valence-corrected chi connectivity index (χ0v) is 18.7. The van der Waals surface area contributed by atoms with Crippen molar-refractivity contribution in [2.24, 2.45) is 5.10 Å². The fraction of sp³-hybridized carbons (Fsp3) is 0.182. The number of carbonyl (C=O) groups is 1. The second-order valence-electron chi connectivity index (χ2n) is 6.30. The number of nitrogens with zero attached hydrogens (tertiary/aromatic N) is 4. The van der Waals surface area contributed by atoms with E-state index in [1.165, 1.54) is 18.0 Å². The van der Waals surface area contributed by atoms with Crippen molar-refractivity contribution < 1.29 is 9.53 Å². The van der Waals surface area contributed by atoms with E-state index in [0.29, 0.717) is 16.7 Å². The molecule has 0 bridgehead atoms. The Morgan fingerprint density at radius 3 is 2.61 bits per heavy atom. The first-order valence-electron chi connectivity index (χ1n) is 9.55. The van der Waals surface area contributed by atoms with Crippen LogP contribution in [0.3, 0.4) is 0 Å². The molecule has 1 amide bonds. The number of rotatable bonds is 9. The molecule has 31 heavy (non-hydrogen) atoms. The van der Waals surface area contributed by atoms with E-state index in [9.17, 15) is 4.79 Å². The van der Waals surface area contributed by atoms with Gasteiger partial charge in [-0.1, -0.05) is 53.7 Å². The van der Waals surface area contributed by atoms with Crippen LogP contribution in [0, 0.1) is 0 Å². The lowest BCUT2D eigenvalue weighted by Crippen LogP contribution is -2.19. The predicted octanol–water partition coefficient (Wildman–Crippen LogP) is 4.45. The smallest absolute Gasteiger partial charge is 0.250 e. The van der Waals surface area contributed by atoms with Crippen molar-refractivity contribution in [3.8, 4) is 17.1 Å². The van der Waals surface area contributed by atoms with Gasteiger partial charge < -0.3 is 9.30 Å². The number of allylic oxidation sites excluding steroid dienone is 1. The quantitative estimate of drug-likeness (QED) is 0.293. The average Bonchev–Trinajstić information content (AvgIpc) is 3.21. The third-order valence-electron chi connectivity index (χ3n) is 4.19. The molecule has 1 aromatic heterocycles. The van der Waals surface area contributed by atoms with Crippen LogP contribution in [0.1, 0.15) is 12.5 Å². The van der Waals surface area contributed by atoms with Gasteiger partial charge in [0.1, 0.15) is 5.75 Å². The molecule has 1 heterocycles. The molecule has 0 spiro atoms. The highest BCUT2D eigenvalue weighted by atomic mass is 35.5. The minimum atomic E-state index is -0.262. The number of halogens is 1. The fourth-order valence-electron chi connectivity index (χ4n) is 2.71. The lowest BCUT2D eigenvalue weighted by Gasteiger charge is -2.07. The maximum absolute atomic E-state index is 12.1. The van der Waals surface area contributed by atoms with Crippen LogP contribution in [0.25, 0.3) is 17.5 Å². The molecular formula is C22H22ClN5O2S. The number of aromatic nitrogens is 3. The Balaban J connectivity index is 1.56. The number of amides is 1. The van der Waals surface area contributed by atoms with Gasteiger partial charge in [-0.3, -0.25) is 4.79 Å². The van der Waals surface area contributed by atoms with Gasteiger partial charge in [0, 0.05) is 12.1 Å². The van der Waals surface area contributed by atoms with Crippen LogP contribution >= 0.6 is 23.4 Å². The Bertz CT molecular complexity index is 1070. The van der Waals surface area contributed by atoms with Crippen LogP contribution in [0.15, 0.2) is 69.9 Å². The molecular weight excluding hydrogens is 434 g/mol. The van der Waals surface area contributed by atoms with Gasteiger partial charge in [0.15, 0.2) is 11.0 Å². The van der Waals surface area contributed by atoms with E-state index in [1.807, 2.05) is 66.1 Å². The molecule has 0 saturated carbocycles. The Labute approximate surface area is 190 Å². The lowest BCUT2D eigenvalue weighted by atomic mass is 10.2. The van der Waals surface area contributed by atoms with Crippen LogP contribution in [-0.2, 0) is 11.3 Å². The predicted molar refractivity (Wildman–Crippen MR) is 125 cm³/mol.